The lowest BCUT2D eigenvalue weighted by Gasteiger charge is -2.16. The molecule has 0 saturated carbocycles. The molecule has 226 valence electrons. The van der Waals surface area contributed by atoms with E-state index in [0.29, 0.717) is 12.8 Å². The number of aliphatic carboxylic acids is 1. The number of hydrogen-bond acceptors (Lipinski definition) is 3. The maximum atomic E-state index is 12.3. The van der Waals surface area contributed by atoms with Crippen molar-refractivity contribution in [2.45, 2.75) is 206 Å². The highest BCUT2D eigenvalue weighted by Gasteiger charge is 2.17. The van der Waals surface area contributed by atoms with Crippen LogP contribution in [0.4, 0.5) is 0 Å². The Kier molecular flexibility index (Phi) is 29.6. The third kappa shape index (κ3) is 29.5. The van der Waals surface area contributed by atoms with Gasteiger partial charge in [-0.2, -0.15) is 0 Å². The van der Waals surface area contributed by atoms with E-state index in [1.165, 1.54) is 141 Å². The number of hydrogen-bond donors (Lipinski definition) is 1. The number of unbranched alkanes of at least 4 members (excludes halogenated alkanes) is 24. The summed E-state index contributed by atoms with van der Waals surface area (Å²) in [7, 11) is 0. The predicted molar refractivity (Wildman–Crippen MR) is 163 cm³/mol. The van der Waals surface area contributed by atoms with Gasteiger partial charge in [0.15, 0.2) is 0 Å². The van der Waals surface area contributed by atoms with E-state index in [9.17, 15) is 14.7 Å². The molecule has 0 amide bonds. The van der Waals surface area contributed by atoms with Crippen molar-refractivity contribution in [3.8, 4) is 0 Å². The molecule has 0 aromatic heterocycles. The van der Waals surface area contributed by atoms with Crippen molar-refractivity contribution in [3.05, 3.63) is 0 Å². The average molecular weight is 539 g/mol. The third-order valence-electron chi connectivity index (χ3n) is 7.81. The molecule has 0 heterocycles. The predicted octanol–water partition coefficient (Wildman–Crippen LogP) is 11.3. The van der Waals surface area contributed by atoms with Crippen molar-refractivity contribution in [1.29, 1.82) is 0 Å². The average Bonchev–Trinajstić information content (AvgIpc) is 2.89. The Balaban J connectivity index is 3.64. The summed E-state index contributed by atoms with van der Waals surface area (Å²) in [4.78, 5) is 23.5. The molecule has 0 aliphatic carbocycles. The summed E-state index contributed by atoms with van der Waals surface area (Å²) in [6, 6.07) is 0. The van der Waals surface area contributed by atoms with Crippen molar-refractivity contribution in [2.75, 3.05) is 0 Å². The highest BCUT2D eigenvalue weighted by molar-refractivity contribution is 5.71. The first kappa shape index (κ1) is 36.9. The largest absolute Gasteiger partial charge is 0.481 e. The highest BCUT2D eigenvalue weighted by Crippen LogP contribution is 2.17. The van der Waals surface area contributed by atoms with E-state index in [1.807, 2.05) is 0 Å². The standard InChI is InChI=1S/C34H66O4/c1-3-5-7-9-11-13-15-17-18-20-22-24-26-28-30-34(37)38-32(31-33(35)36)29-27-25-23-21-19-16-14-12-10-8-6-4-2/h32H,3-31H2,1-2H3,(H,35,36). The monoisotopic (exact) mass is 538 g/mol. The van der Waals surface area contributed by atoms with Crippen LogP contribution in [0.1, 0.15) is 200 Å². The molecule has 0 aromatic carbocycles. The molecule has 0 spiro atoms. The molecule has 1 atom stereocenters. The topological polar surface area (TPSA) is 63.6 Å². The van der Waals surface area contributed by atoms with E-state index in [-0.39, 0.29) is 12.4 Å². The summed E-state index contributed by atoms with van der Waals surface area (Å²) in [6.45, 7) is 4.53. The molecule has 1 N–H and O–H groups in total. The minimum absolute atomic E-state index is 0.0670. The van der Waals surface area contributed by atoms with Gasteiger partial charge in [0.25, 0.3) is 0 Å². The van der Waals surface area contributed by atoms with Crippen LogP contribution in [0, 0.1) is 0 Å². The molecule has 4 heteroatoms. The van der Waals surface area contributed by atoms with E-state index in [4.69, 9.17) is 4.74 Å². The quantitative estimate of drug-likeness (QED) is 0.0704. The Morgan fingerprint density at radius 3 is 1.16 bits per heavy atom. The molecule has 0 aromatic rings. The molecule has 0 aliphatic heterocycles. The van der Waals surface area contributed by atoms with E-state index in [1.54, 1.807) is 0 Å². The number of carbonyl (C=O) groups is 2. The first-order valence-corrected chi connectivity index (χ1v) is 17.0. The van der Waals surface area contributed by atoms with Crippen molar-refractivity contribution in [2.24, 2.45) is 0 Å². The Labute approximate surface area is 237 Å². The summed E-state index contributed by atoms with van der Waals surface area (Å²) in [5, 5.41) is 9.21. The van der Waals surface area contributed by atoms with Gasteiger partial charge in [-0.25, -0.2) is 0 Å². The minimum Gasteiger partial charge on any atom is -0.481 e. The normalized spacial score (nSPS) is 12.1. The van der Waals surface area contributed by atoms with Crippen LogP contribution in [0.25, 0.3) is 0 Å². The van der Waals surface area contributed by atoms with Crippen LogP contribution in [-0.4, -0.2) is 23.1 Å². The molecule has 0 bridgehead atoms. The maximum Gasteiger partial charge on any atom is 0.307 e. The number of carboxylic acids is 1. The molecule has 0 radical (unpaired) electrons. The molecule has 0 rings (SSSR count). The molecule has 0 fully saturated rings. The van der Waals surface area contributed by atoms with Crippen molar-refractivity contribution >= 4 is 11.9 Å². The first-order valence-electron chi connectivity index (χ1n) is 17.0. The SMILES string of the molecule is CCCCCCCCCCCCCCCCC(=O)OC(CCCCCCCCCCCCCC)CC(=O)O. The lowest BCUT2D eigenvalue weighted by atomic mass is 10.0. The fourth-order valence-corrected chi connectivity index (χ4v) is 5.32. The van der Waals surface area contributed by atoms with Crippen molar-refractivity contribution in [3.63, 3.8) is 0 Å². The number of carbonyl (C=O) groups excluding carboxylic acids is 1. The molecule has 1 unspecified atom stereocenters. The lowest BCUT2D eigenvalue weighted by molar-refractivity contribution is -0.153. The maximum absolute atomic E-state index is 12.3. The van der Waals surface area contributed by atoms with Gasteiger partial charge in [-0.1, -0.05) is 168 Å². The summed E-state index contributed by atoms with van der Waals surface area (Å²) in [5.74, 6) is -1.09. The zero-order chi connectivity index (χ0) is 27.9. The molecular weight excluding hydrogens is 472 g/mol. The first-order chi connectivity index (χ1) is 18.6. The molecule has 0 saturated heterocycles. The van der Waals surface area contributed by atoms with Gasteiger partial charge in [0.2, 0.25) is 0 Å². The second-order valence-electron chi connectivity index (χ2n) is 11.7. The smallest absolute Gasteiger partial charge is 0.307 e. The molecule has 0 aliphatic rings. The van der Waals surface area contributed by atoms with Crippen LogP contribution >= 0.6 is 0 Å². The van der Waals surface area contributed by atoms with Gasteiger partial charge < -0.3 is 9.84 Å². The van der Waals surface area contributed by atoms with Crippen LogP contribution in [0.2, 0.25) is 0 Å². The van der Waals surface area contributed by atoms with Crippen LogP contribution in [-0.2, 0) is 14.3 Å². The molecule has 4 nitrogen and oxygen atoms in total. The van der Waals surface area contributed by atoms with Gasteiger partial charge in [-0.15, -0.1) is 0 Å². The Bertz CT molecular complexity index is 505. The highest BCUT2D eigenvalue weighted by atomic mass is 16.5. The Morgan fingerprint density at radius 2 is 0.816 bits per heavy atom. The van der Waals surface area contributed by atoms with E-state index in [2.05, 4.69) is 13.8 Å². The van der Waals surface area contributed by atoms with Gasteiger partial charge in [0.1, 0.15) is 6.10 Å². The van der Waals surface area contributed by atoms with Crippen molar-refractivity contribution < 1.29 is 19.4 Å². The fraction of sp³-hybridized carbons (Fsp3) is 0.941. The minimum atomic E-state index is -0.877. The molecule has 38 heavy (non-hydrogen) atoms. The van der Waals surface area contributed by atoms with Crippen LogP contribution in [0.5, 0.6) is 0 Å². The van der Waals surface area contributed by atoms with Crippen LogP contribution < -0.4 is 0 Å². The second kappa shape index (κ2) is 30.5. The third-order valence-corrected chi connectivity index (χ3v) is 7.81. The summed E-state index contributed by atoms with van der Waals surface area (Å²) in [6.07, 6.45) is 34.0. The number of ether oxygens (including phenoxy) is 1. The van der Waals surface area contributed by atoms with Gasteiger partial charge >= 0.3 is 11.9 Å². The fourth-order valence-electron chi connectivity index (χ4n) is 5.32. The zero-order valence-corrected chi connectivity index (χ0v) is 25.8. The molecular formula is C34H66O4. The van der Waals surface area contributed by atoms with Gasteiger partial charge in [-0.3, -0.25) is 9.59 Å². The van der Waals surface area contributed by atoms with Gasteiger partial charge in [-0.05, 0) is 19.3 Å². The van der Waals surface area contributed by atoms with E-state index in [0.717, 1.165) is 25.7 Å². The summed E-state index contributed by atoms with van der Waals surface area (Å²) in [5.41, 5.74) is 0. The number of esters is 1. The Hall–Kier alpha value is -1.06. The van der Waals surface area contributed by atoms with Crippen LogP contribution in [0.15, 0.2) is 0 Å². The number of rotatable bonds is 31. The van der Waals surface area contributed by atoms with Crippen LogP contribution in [0.3, 0.4) is 0 Å². The summed E-state index contributed by atoms with van der Waals surface area (Å²) < 4.78 is 5.55. The van der Waals surface area contributed by atoms with E-state index >= 15 is 0 Å². The summed E-state index contributed by atoms with van der Waals surface area (Å²) >= 11 is 0. The van der Waals surface area contributed by atoms with E-state index < -0.39 is 12.1 Å². The Morgan fingerprint density at radius 1 is 0.500 bits per heavy atom. The van der Waals surface area contributed by atoms with Gasteiger partial charge in [0, 0.05) is 6.42 Å². The second-order valence-corrected chi connectivity index (χ2v) is 11.7. The van der Waals surface area contributed by atoms with Crippen molar-refractivity contribution in [1.82, 2.24) is 0 Å². The zero-order valence-electron chi connectivity index (χ0n) is 25.8. The lowest BCUT2D eigenvalue weighted by Crippen LogP contribution is -2.21. The number of carboxylic acid groups (broad SMARTS) is 1. The van der Waals surface area contributed by atoms with Gasteiger partial charge in [0.05, 0.1) is 6.42 Å².